The lowest BCUT2D eigenvalue weighted by atomic mass is 9.95. The number of aliphatic hydroxyl groups excluding tert-OH is 1. The van der Waals surface area contributed by atoms with E-state index in [0.717, 1.165) is 32.2 Å². The average Bonchev–Trinajstić information content (AvgIpc) is 2.45. The van der Waals surface area contributed by atoms with Gasteiger partial charge in [-0.25, -0.2) is 0 Å². The van der Waals surface area contributed by atoms with Crippen molar-refractivity contribution in [3.8, 4) is 0 Å². The molecule has 1 aliphatic heterocycles. The molecular formula is C16H23NO. The molecule has 1 aliphatic rings. The smallest absolute Gasteiger partial charge is 0.0509 e. The van der Waals surface area contributed by atoms with Gasteiger partial charge >= 0.3 is 0 Å². The van der Waals surface area contributed by atoms with Crippen LogP contribution < -0.4 is 5.32 Å². The highest BCUT2D eigenvalue weighted by atomic mass is 16.2. The van der Waals surface area contributed by atoms with Crippen molar-refractivity contribution >= 4 is 0 Å². The third-order valence-electron chi connectivity index (χ3n) is 3.62. The Hall–Kier alpha value is -1.12. The van der Waals surface area contributed by atoms with E-state index in [0.29, 0.717) is 12.6 Å². The van der Waals surface area contributed by atoms with Crippen LogP contribution in [0.1, 0.15) is 43.4 Å². The first kappa shape index (κ1) is 13.3. The van der Waals surface area contributed by atoms with E-state index in [-0.39, 0.29) is 0 Å². The molecule has 2 nitrogen and oxygen atoms in total. The van der Waals surface area contributed by atoms with Gasteiger partial charge in [0.15, 0.2) is 0 Å². The lowest BCUT2D eigenvalue weighted by Crippen LogP contribution is -2.25. The second kappa shape index (κ2) is 6.72. The van der Waals surface area contributed by atoms with Crippen LogP contribution in [0, 0.1) is 0 Å². The van der Waals surface area contributed by atoms with Gasteiger partial charge in [0, 0.05) is 6.61 Å². The Morgan fingerprint density at radius 1 is 1.28 bits per heavy atom. The molecular weight excluding hydrogens is 222 g/mol. The van der Waals surface area contributed by atoms with E-state index in [4.69, 9.17) is 5.11 Å². The minimum absolute atomic E-state index is 0.292. The summed E-state index contributed by atoms with van der Waals surface area (Å²) in [4.78, 5) is 0. The number of hydrogen-bond donors (Lipinski definition) is 2. The van der Waals surface area contributed by atoms with E-state index in [2.05, 4.69) is 42.6 Å². The molecule has 2 rings (SSSR count). The molecule has 0 radical (unpaired) electrons. The predicted molar refractivity (Wildman–Crippen MR) is 75.6 cm³/mol. The Bertz CT molecular complexity index is 394. The van der Waals surface area contributed by atoms with Crippen molar-refractivity contribution in [1.82, 2.24) is 5.32 Å². The number of benzene rings is 1. The maximum Gasteiger partial charge on any atom is 0.0509 e. The zero-order valence-corrected chi connectivity index (χ0v) is 11.2. The van der Waals surface area contributed by atoms with Gasteiger partial charge in [-0.1, -0.05) is 42.8 Å². The molecule has 2 N–H and O–H groups in total. The second-order valence-corrected chi connectivity index (χ2v) is 4.93. The summed E-state index contributed by atoms with van der Waals surface area (Å²) >= 11 is 0. The summed E-state index contributed by atoms with van der Waals surface area (Å²) in [6, 6.07) is 9.22. The van der Waals surface area contributed by atoms with E-state index in [1.165, 1.54) is 16.7 Å². The molecule has 1 unspecified atom stereocenters. The van der Waals surface area contributed by atoms with Crippen molar-refractivity contribution in [1.29, 1.82) is 0 Å². The van der Waals surface area contributed by atoms with Crippen LogP contribution in [0.4, 0.5) is 0 Å². The van der Waals surface area contributed by atoms with Crippen molar-refractivity contribution in [2.45, 2.75) is 38.6 Å². The average molecular weight is 245 g/mol. The minimum atomic E-state index is 0.292. The molecule has 0 saturated heterocycles. The normalized spacial score (nSPS) is 19.7. The van der Waals surface area contributed by atoms with E-state index in [1.807, 2.05) is 0 Å². The molecule has 2 heteroatoms. The minimum Gasteiger partial charge on any atom is -0.396 e. The number of rotatable bonds is 5. The van der Waals surface area contributed by atoms with Crippen LogP contribution in [0.15, 0.2) is 35.9 Å². The Morgan fingerprint density at radius 2 is 2.06 bits per heavy atom. The van der Waals surface area contributed by atoms with Crippen LogP contribution in [0.5, 0.6) is 0 Å². The Morgan fingerprint density at radius 3 is 2.72 bits per heavy atom. The molecule has 1 atom stereocenters. The van der Waals surface area contributed by atoms with Gasteiger partial charge in [-0.05, 0) is 43.4 Å². The molecule has 0 spiro atoms. The number of aryl methyl sites for hydroxylation is 1. The number of nitrogens with one attached hydrogen (secondary N) is 1. The summed E-state index contributed by atoms with van der Waals surface area (Å²) in [7, 11) is 0. The summed E-state index contributed by atoms with van der Waals surface area (Å²) in [6.45, 7) is 3.51. The lowest BCUT2D eigenvalue weighted by molar-refractivity contribution is 0.287. The van der Waals surface area contributed by atoms with Crippen LogP contribution in [-0.2, 0) is 6.42 Å². The molecule has 98 valence electrons. The van der Waals surface area contributed by atoms with Gasteiger partial charge in [0.1, 0.15) is 0 Å². The molecule has 1 aromatic carbocycles. The topological polar surface area (TPSA) is 32.3 Å². The summed E-state index contributed by atoms with van der Waals surface area (Å²) < 4.78 is 0. The highest BCUT2D eigenvalue weighted by Gasteiger charge is 2.14. The molecule has 0 saturated carbocycles. The molecule has 0 aromatic heterocycles. The third kappa shape index (κ3) is 3.44. The van der Waals surface area contributed by atoms with Crippen molar-refractivity contribution in [2.75, 3.05) is 13.2 Å². The SMILES string of the molecule is CCc1ccc(C2C=C(CCCO)CCN2)cc1. The molecule has 1 aromatic rings. The van der Waals surface area contributed by atoms with E-state index in [1.54, 1.807) is 0 Å². The summed E-state index contributed by atoms with van der Waals surface area (Å²) in [6.07, 6.45) is 6.45. The number of aliphatic hydroxyl groups is 1. The summed E-state index contributed by atoms with van der Waals surface area (Å²) in [5.41, 5.74) is 4.21. The first-order valence-corrected chi connectivity index (χ1v) is 6.96. The molecule has 1 heterocycles. The van der Waals surface area contributed by atoms with Gasteiger partial charge in [-0.2, -0.15) is 0 Å². The zero-order chi connectivity index (χ0) is 12.8. The van der Waals surface area contributed by atoms with Gasteiger partial charge in [-0.15, -0.1) is 0 Å². The van der Waals surface area contributed by atoms with Crippen LogP contribution in [0.2, 0.25) is 0 Å². The van der Waals surface area contributed by atoms with E-state index < -0.39 is 0 Å². The number of hydrogen-bond acceptors (Lipinski definition) is 2. The fraction of sp³-hybridized carbons (Fsp3) is 0.500. The van der Waals surface area contributed by atoms with Crippen molar-refractivity contribution < 1.29 is 5.11 Å². The fourth-order valence-corrected chi connectivity index (χ4v) is 2.46. The fourth-order valence-electron chi connectivity index (χ4n) is 2.46. The van der Waals surface area contributed by atoms with Crippen LogP contribution in [0.3, 0.4) is 0 Å². The largest absolute Gasteiger partial charge is 0.396 e. The van der Waals surface area contributed by atoms with Gasteiger partial charge in [0.25, 0.3) is 0 Å². The van der Waals surface area contributed by atoms with Gasteiger partial charge in [0.2, 0.25) is 0 Å². The Labute approximate surface area is 110 Å². The molecule has 18 heavy (non-hydrogen) atoms. The second-order valence-electron chi connectivity index (χ2n) is 4.93. The predicted octanol–water partition coefficient (Wildman–Crippen LogP) is 2.98. The molecule has 0 fully saturated rings. The molecule has 0 bridgehead atoms. The quantitative estimate of drug-likeness (QED) is 0.782. The maximum absolute atomic E-state index is 8.89. The monoisotopic (exact) mass is 245 g/mol. The molecule has 0 aliphatic carbocycles. The standard InChI is InChI=1S/C16H23NO/c1-2-13-5-7-15(8-6-13)16-12-14(4-3-11-18)9-10-17-16/h5-8,12,16-18H,2-4,9-11H2,1H3. The summed E-state index contributed by atoms with van der Waals surface area (Å²) in [5, 5.41) is 12.4. The van der Waals surface area contributed by atoms with Crippen molar-refractivity contribution in [3.05, 3.63) is 47.0 Å². The zero-order valence-electron chi connectivity index (χ0n) is 11.2. The van der Waals surface area contributed by atoms with Crippen molar-refractivity contribution in [2.24, 2.45) is 0 Å². The van der Waals surface area contributed by atoms with Gasteiger partial charge in [-0.3, -0.25) is 0 Å². The van der Waals surface area contributed by atoms with Gasteiger partial charge < -0.3 is 10.4 Å². The van der Waals surface area contributed by atoms with Crippen LogP contribution >= 0.6 is 0 Å². The lowest BCUT2D eigenvalue weighted by Gasteiger charge is -2.23. The first-order valence-electron chi connectivity index (χ1n) is 6.96. The van der Waals surface area contributed by atoms with Crippen LogP contribution in [0.25, 0.3) is 0 Å². The van der Waals surface area contributed by atoms with E-state index in [9.17, 15) is 0 Å². The summed E-state index contributed by atoms with van der Waals surface area (Å²) in [5.74, 6) is 0. The van der Waals surface area contributed by atoms with Crippen LogP contribution in [-0.4, -0.2) is 18.3 Å². The molecule has 0 amide bonds. The highest BCUT2D eigenvalue weighted by molar-refractivity contribution is 5.29. The van der Waals surface area contributed by atoms with Crippen molar-refractivity contribution in [3.63, 3.8) is 0 Å². The maximum atomic E-state index is 8.89. The Balaban J connectivity index is 2.06. The van der Waals surface area contributed by atoms with Gasteiger partial charge in [0.05, 0.1) is 6.04 Å². The third-order valence-corrected chi connectivity index (χ3v) is 3.62. The highest BCUT2D eigenvalue weighted by Crippen LogP contribution is 2.24. The van der Waals surface area contributed by atoms with E-state index >= 15 is 0 Å². The Kier molecular flexibility index (Phi) is 4.97. The first-order chi connectivity index (χ1) is 8.83.